The first kappa shape index (κ1) is 27.7. The Balaban J connectivity index is 1.35. The highest BCUT2D eigenvalue weighted by Crippen LogP contribution is 2.37. The monoisotopic (exact) mass is 559 g/mol. The number of carbonyl (C=O) groups is 3. The molecule has 214 valence electrons. The molecule has 0 unspecified atom stereocenters. The van der Waals surface area contributed by atoms with Gasteiger partial charge in [0.25, 0.3) is 5.91 Å². The van der Waals surface area contributed by atoms with Gasteiger partial charge in [-0.25, -0.2) is 0 Å². The van der Waals surface area contributed by atoms with Crippen LogP contribution >= 0.6 is 0 Å². The Bertz CT molecular complexity index is 1600. The van der Waals surface area contributed by atoms with Gasteiger partial charge >= 0.3 is 0 Å². The van der Waals surface area contributed by atoms with Crippen molar-refractivity contribution in [3.63, 3.8) is 0 Å². The van der Waals surface area contributed by atoms with E-state index in [-0.39, 0.29) is 36.9 Å². The predicted molar refractivity (Wildman–Crippen MR) is 166 cm³/mol. The number of hydrogen-bond donors (Lipinski definition) is 1. The van der Waals surface area contributed by atoms with Gasteiger partial charge in [0.15, 0.2) is 0 Å². The van der Waals surface area contributed by atoms with Crippen LogP contribution in [0.1, 0.15) is 59.2 Å². The van der Waals surface area contributed by atoms with E-state index in [0.717, 1.165) is 58.8 Å². The third kappa shape index (κ3) is 5.67. The maximum atomic E-state index is 14.4. The number of nitrogens with zero attached hydrogens (tertiary/aromatic N) is 2. The van der Waals surface area contributed by atoms with Crippen LogP contribution in [0.3, 0.4) is 0 Å². The molecule has 0 saturated heterocycles. The molecule has 0 spiro atoms. The lowest BCUT2D eigenvalue weighted by Gasteiger charge is -2.34. The van der Waals surface area contributed by atoms with E-state index >= 15 is 0 Å². The highest BCUT2D eigenvalue weighted by atomic mass is 16.2. The van der Waals surface area contributed by atoms with Crippen molar-refractivity contribution in [3.8, 4) is 0 Å². The Kier molecular flexibility index (Phi) is 8.04. The molecule has 2 aliphatic rings. The minimum atomic E-state index is -0.725. The third-order valence-corrected chi connectivity index (χ3v) is 8.77. The van der Waals surface area contributed by atoms with Crippen molar-refractivity contribution in [2.24, 2.45) is 0 Å². The fraction of sp³-hybridized carbons (Fsp3) is 0.306. The Morgan fingerprint density at radius 1 is 0.881 bits per heavy atom. The summed E-state index contributed by atoms with van der Waals surface area (Å²) in [5.41, 5.74) is 4.36. The molecule has 0 aromatic heterocycles. The van der Waals surface area contributed by atoms with Crippen molar-refractivity contribution in [3.05, 3.63) is 113 Å². The summed E-state index contributed by atoms with van der Waals surface area (Å²) in [6, 6.07) is 28.7. The zero-order valence-electron chi connectivity index (χ0n) is 24.1. The topological polar surface area (TPSA) is 69.7 Å². The smallest absolute Gasteiger partial charge is 0.259 e. The van der Waals surface area contributed by atoms with E-state index in [0.29, 0.717) is 12.0 Å². The number of aryl methyl sites for hydroxylation is 1. The molecule has 6 heteroatoms. The number of anilines is 1. The summed E-state index contributed by atoms with van der Waals surface area (Å²) in [6.07, 6.45) is 5.70. The van der Waals surface area contributed by atoms with Crippen LogP contribution in [0.2, 0.25) is 0 Å². The molecule has 0 bridgehead atoms. The fourth-order valence-corrected chi connectivity index (χ4v) is 6.43. The summed E-state index contributed by atoms with van der Waals surface area (Å²) in [6.45, 7) is 2.16. The Morgan fingerprint density at radius 3 is 2.36 bits per heavy atom. The van der Waals surface area contributed by atoms with Crippen LogP contribution in [0.25, 0.3) is 10.8 Å². The van der Waals surface area contributed by atoms with E-state index in [4.69, 9.17) is 0 Å². The maximum absolute atomic E-state index is 14.4. The SMILES string of the molecule is Cc1ccccc1CN(C(=O)CN1C(=O)c2cccc3cccc1c23)[C@H](Cc1ccccc1)C(=O)NC1CCCCC1. The Hall–Kier alpha value is -4.45. The minimum absolute atomic E-state index is 0.118. The van der Waals surface area contributed by atoms with Crippen LogP contribution in [-0.4, -0.2) is 41.2 Å². The fourth-order valence-electron chi connectivity index (χ4n) is 6.43. The van der Waals surface area contributed by atoms with Crippen LogP contribution in [-0.2, 0) is 22.6 Å². The number of amides is 3. The van der Waals surface area contributed by atoms with Gasteiger partial charge in [0, 0.05) is 30.0 Å². The molecule has 0 radical (unpaired) electrons. The lowest BCUT2D eigenvalue weighted by atomic mass is 9.94. The second kappa shape index (κ2) is 12.2. The van der Waals surface area contributed by atoms with Gasteiger partial charge in [-0.15, -0.1) is 0 Å². The van der Waals surface area contributed by atoms with E-state index < -0.39 is 6.04 Å². The van der Waals surface area contributed by atoms with Gasteiger partial charge in [-0.2, -0.15) is 0 Å². The lowest BCUT2D eigenvalue weighted by molar-refractivity contribution is -0.140. The number of rotatable bonds is 9. The zero-order chi connectivity index (χ0) is 29.1. The molecule has 1 aliphatic carbocycles. The van der Waals surface area contributed by atoms with E-state index in [1.807, 2.05) is 97.9 Å². The quantitative estimate of drug-likeness (QED) is 0.266. The number of hydrogen-bond acceptors (Lipinski definition) is 3. The van der Waals surface area contributed by atoms with Crippen LogP contribution < -0.4 is 10.2 Å². The molecule has 42 heavy (non-hydrogen) atoms. The number of carbonyl (C=O) groups excluding carboxylic acids is 3. The summed E-state index contributed by atoms with van der Waals surface area (Å²) in [5.74, 6) is -0.570. The summed E-state index contributed by atoms with van der Waals surface area (Å²) < 4.78 is 0. The number of nitrogens with one attached hydrogen (secondary N) is 1. The largest absolute Gasteiger partial charge is 0.352 e. The van der Waals surface area contributed by atoms with Gasteiger partial charge in [-0.05, 0) is 54.0 Å². The summed E-state index contributed by atoms with van der Waals surface area (Å²) in [4.78, 5) is 45.3. The highest BCUT2D eigenvalue weighted by molar-refractivity contribution is 6.26. The van der Waals surface area contributed by atoms with Crippen molar-refractivity contribution in [1.82, 2.24) is 10.2 Å². The molecule has 4 aromatic rings. The second-order valence-corrected chi connectivity index (χ2v) is 11.6. The molecule has 4 aromatic carbocycles. The standard InChI is InChI=1S/C36H37N3O3/c1-25-12-8-9-15-28(25)23-38(32(22-26-13-4-2-5-14-26)35(41)37-29-18-6-3-7-19-29)33(40)24-39-31-21-11-17-27-16-10-20-30(34(27)31)36(39)42/h2,4-5,8-17,20-21,29,32H,3,6-7,18-19,22-24H2,1H3,(H,37,41)/t32-/m1/s1. The van der Waals surface area contributed by atoms with Crippen molar-refractivity contribution >= 4 is 34.2 Å². The Labute approximate surface area is 247 Å². The van der Waals surface area contributed by atoms with Crippen molar-refractivity contribution in [2.75, 3.05) is 11.4 Å². The molecule has 3 amide bonds. The van der Waals surface area contributed by atoms with Gasteiger partial charge in [0.05, 0.1) is 5.69 Å². The molecule has 6 rings (SSSR count). The maximum Gasteiger partial charge on any atom is 0.259 e. The van der Waals surface area contributed by atoms with Gasteiger partial charge in [0.1, 0.15) is 12.6 Å². The van der Waals surface area contributed by atoms with E-state index in [9.17, 15) is 14.4 Å². The normalized spacial score (nSPS) is 15.5. The average molecular weight is 560 g/mol. The second-order valence-electron chi connectivity index (χ2n) is 11.6. The summed E-state index contributed by atoms with van der Waals surface area (Å²) in [5, 5.41) is 5.14. The lowest BCUT2D eigenvalue weighted by Crippen LogP contribution is -2.54. The van der Waals surface area contributed by atoms with Gasteiger partial charge in [0.2, 0.25) is 11.8 Å². The van der Waals surface area contributed by atoms with Crippen LogP contribution in [0.15, 0.2) is 91.0 Å². The predicted octanol–water partition coefficient (Wildman–Crippen LogP) is 6.20. The van der Waals surface area contributed by atoms with Crippen LogP contribution in [0.5, 0.6) is 0 Å². The van der Waals surface area contributed by atoms with Crippen molar-refractivity contribution < 1.29 is 14.4 Å². The van der Waals surface area contributed by atoms with Crippen molar-refractivity contribution in [1.29, 1.82) is 0 Å². The molecular formula is C36H37N3O3. The molecule has 6 nitrogen and oxygen atoms in total. The average Bonchev–Trinajstić information content (AvgIpc) is 3.28. The van der Waals surface area contributed by atoms with Crippen molar-refractivity contribution in [2.45, 2.75) is 64.1 Å². The summed E-state index contributed by atoms with van der Waals surface area (Å²) >= 11 is 0. The molecular weight excluding hydrogens is 522 g/mol. The van der Waals surface area contributed by atoms with E-state index in [2.05, 4.69) is 5.32 Å². The molecule has 1 fully saturated rings. The van der Waals surface area contributed by atoms with Gasteiger partial charge in [-0.3, -0.25) is 19.3 Å². The number of benzene rings is 4. The molecule has 1 N–H and O–H groups in total. The first-order valence-electron chi connectivity index (χ1n) is 15.0. The summed E-state index contributed by atoms with van der Waals surface area (Å²) in [7, 11) is 0. The first-order valence-corrected chi connectivity index (χ1v) is 15.0. The molecule has 1 saturated carbocycles. The van der Waals surface area contributed by atoms with Crippen LogP contribution in [0.4, 0.5) is 5.69 Å². The first-order chi connectivity index (χ1) is 20.5. The Morgan fingerprint density at radius 2 is 1.60 bits per heavy atom. The highest BCUT2D eigenvalue weighted by Gasteiger charge is 2.36. The third-order valence-electron chi connectivity index (χ3n) is 8.77. The molecule has 1 atom stereocenters. The van der Waals surface area contributed by atoms with E-state index in [1.165, 1.54) is 6.42 Å². The van der Waals surface area contributed by atoms with Gasteiger partial charge < -0.3 is 10.2 Å². The van der Waals surface area contributed by atoms with Crippen LogP contribution in [0, 0.1) is 6.92 Å². The zero-order valence-corrected chi connectivity index (χ0v) is 24.1. The molecule has 1 aliphatic heterocycles. The molecule has 1 heterocycles. The van der Waals surface area contributed by atoms with E-state index in [1.54, 1.807) is 9.80 Å². The minimum Gasteiger partial charge on any atom is -0.352 e. The van der Waals surface area contributed by atoms with Gasteiger partial charge in [-0.1, -0.05) is 98.1 Å².